The van der Waals surface area contributed by atoms with Gasteiger partial charge in [-0.2, -0.15) is 15.0 Å². The van der Waals surface area contributed by atoms with Crippen LogP contribution in [0.15, 0.2) is 4.52 Å². The minimum absolute atomic E-state index is 0.0451. The van der Waals surface area contributed by atoms with E-state index in [-0.39, 0.29) is 23.4 Å². The lowest BCUT2D eigenvalue weighted by molar-refractivity contribution is 0.222. The Balaban J connectivity index is 2.21. The van der Waals surface area contributed by atoms with E-state index in [0.717, 1.165) is 17.0 Å². The Morgan fingerprint density at radius 1 is 1.14 bits per heavy atom. The van der Waals surface area contributed by atoms with Crippen molar-refractivity contribution in [2.75, 3.05) is 5.32 Å². The quantitative estimate of drug-likeness (QED) is 0.907. The van der Waals surface area contributed by atoms with Crippen molar-refractivity contribution in [1.82, 2.24) is 20.1 Å². The van der Waals surface area contributed by atoms with Crippen LogP contribution >= 0.6 is 11.6 Å². The molecular formula is C13H18ClN5O2. The van der Waals surface area contributed by atoms with Crippen LogP contribution in [0.5, 0.6) is 6.01 Å². The smallest absolute Gasteiger partial charge is 0.322 e. The van der Waals surface area contributed by atoms with Crippen molar-refractivity contribution in [3.05, 3.63) is 22.3 Å². The van der Waals surface area contributed by atoms with Gasteiger partial charge in [0, 0.05) is 5.56 Å². The summed E-state index contributed by atoms with van der Waals surface area (Å²) in [5.41, 5.74) is 1.80. The zero-order chi connectivity index (χ0) is 15.6. The molecule has 0 bridgehead atoms. The summed E-state index contributed by atoms with van der Waals surface area (Å²) in [5.74, 6) is 1.10. The second kappa shape index (κ2) is 6.26. The van der Waals surface area contributed by atoms with Crippen molar-refractivity contribution in [3.63, 3.8) is 0 Å². The van der Waals surface area contributed by atoms with Gasteiger partial charge in [-0.25, -0.2) is 0 Å². The molecule has 2 rings (SSSR count). The minimum atomic E-state index is -0.0818. The SMILES string of the molecule is Cc1noc(C)c1C(C)Nc1nc(Cl)nc(OC(C)C)n1. The number of anilines is 1. The number of halogens is 1. The summed E-state index contributed by atoms with van der Waals surface area (Å²) in [5, 5.41) is 7.17. The van der Waals surface area contributed by atoms with Crippen LogP contribution in [0.1, 0.15) is 43.8 Å². The summed E-state index contributed by atoms with van der Waals surface area (Å²) in [7, 11) is 0. The molecule has 1 N–H and O–H groups in total. The monoisotopic (exact) mass is 311 g/mol. The zero-order valence-corrected chi connectivity index (χ0v) is 13.4. The lowest BCUT2D eigenvalue weighted by atomic mass is 10.1. The van der Waals surface area contributed by atoms with Crippen LogP contribution in [0, 0.1) is 13.8 Å². The molecule has 8 heteroatoms. The Labute approximate surface area is 128 Å². The highest BCUT2D eigenvalue weighted by Gasteiger charge is 2.18. The third-order valence-corrected chi connectivity index (χ3v) is 2.96. The van der Waals surface area contributed by atoms with Crippen LogP contribution in [-0.4, -0.2) is 26.2 Å². The van der Waals surface area contributed by atoms with E-state index >= 15 is 0 Å². The number of rotatable bonds is 5. The number of nitrogens with one attached hydrogen (secondary N) is 1. The highest BCUT2D eigenvalue weighted by atomic mass is 35.5. The predicted molar refractivity (Wildman–Crippen MR) is 78.6 cm³/mol. The largest absolute Gasteiger partial charge is 0.461 e. The number of aromatic nitrogens is 4. The van der Waals surface area contributed by atoms with E-state index in [4.69, 9.17) is 20.9 Å². The van der Waals surface area contributed by atoms with Gasteiger partial charge in [-0.15, -0.1) is 0 Å². The molecule has 0 aliphatic carbocycles. The number of hydrogen-bond acceptors (Lipinski definition) is 7. The molecule has 0 aliphatic heterocycles. The van der Waals surface area contributed by atoms with Gasteiger partial charge < -0.3 is 14.6 Å². The highest BCUT2D eigenvalue weighted by Crippen LogP contribution is 2.24. The first-order valence-corrected chi connectivity index (χ1v) is 7.02. The summed E-state index contributed by atoms with van der Waals surface area (Å²) in [6, 6.07) is 0.111. The maximum atomic E-state index is 5.89. The van der Waals surface area contributed by atoms with Crippen LogP contribution in [-0.2, 0) is 0 Å². The van der Waals surface area contributed by atoms with E-state index in [1.54, 1.807) is 0 Å². The molecule has 1 unspecified atom stereocenters. The molecule has 114 valence electrons. The standard InChI is InChI=1S/C13H18ClN5O2/c1-6(2)20-13-17-11(14)16-12(18-13)15-7(3)10-8(4)19-21-9(10)5/h6-7H,1-5H3,(H,15,16,17,18). The van der Waals surface area contributed by atoms with Gasteiger partial charge in [0.25, 0.3) is 0 Å². The van der Waals surface area contributed by atoms with Gasteiger partial charge in [0.15, 0.2) is 0 Å². The summed E-state index contributed by atoms with van der Waals surface area (Å²) in [6.07, 6.45) is -0.0451. The Morgan fingerprint density at radius 2 is 1.86 bits per heavy atom. The first kappa shape index (κ1) is 15.5. The lowest BCUT2D eigenvalue weighted by Gasteiger charge is -2.14. The van der Waals surface area contributed by atoms with Crippen LogP contribution in [0.4, 0.5) is 5.95 Å². The molecule has 1 atom stereocenters. The van der Waals surface area contributed by atoms with Gasteiger partial charge in [0.2, 0.25) is 11.2 Å². The Bertz CT molecular complexity index is 610. The van der Waals surface area contributed by atoms with Crippen LogP contribution in [0.3, 0.4) is 0 Å². The van der Waals surface area contributed by atoms with Gasteiger partial charge in [-0.1, -0.05) is 5.16 Å². The lowest BCUT2D eigenvalue weighted by Crippen LogP contribution is -2.14. The number of hydrogen-bond donors (Lipinski definition) is 1. The van der Waals surface area contributed by atoms with Crippen LogP contribution in [0.25, 0.3) is 0 Å². The van der Waals surface area contributed by atoms with Gasteiger partial charge in [-0.3, -0.25) is 0 Å². The summed E-state index contributed by atoms with van der Waals surface area (Å²) < 4.78 is 10.6. The van der Waals surface area contributed by atoms with Crippen molar-refractivity contribution in [1.29, 1.82) is 0 Å². The van der Waals surface area contributed by atoms with Gasteiger partial charge in [0.1, 0.15) is 5.76 Å². The average Bonchev–Trinajstić information content (AvgIpc) is 2.67. The Hall–Kier alpha value is -1.89. The van der Waals surface area contributed by atoms with E-state index in [2.05, 4.69) is 25.4 Å². The molecular weight excluding hydrogens is 294 g/mol. The highest BCUT2D eigenvalue weighted by molar-refractivity contribution is 6.28. The first-order valence-electron chi connectivity index (χ1n) is 6.64. The van der Waals surface area contributed by atoms with E-state index in [1.807, 2.05) is 34.6 Å². The molecule has 7 nitrogen and oxygen atoms in total. The molecule has 21 heavy (non-hydrogen) atoms. The average molecular weight is 312 g/mol. The summed E-state index contributed by atoms with van der Waals surface area (Å²) in [4.78, 5) is 12.2. The van der Waals surface area contributed by atoms with E-state index in [9.17, 15) is 0 Å². The van der Waals surface area contributed by atoms with Gasteiger partial charge in [-0.05, 0) is 46.2 Å². The molecule has 0 aromatic carbocycles. The molecule has 0 radical (unpaired) electrons. The van der Waals surface area contributed by atoms with Crippen molar-refractivity contribution < 1.29 is 9.26 Å². The normalized spacial score (nSPS) is 12.5. The maximum Gasteiger partial charge on any atom is 0.322 e. The van der Waals surface area contributed by atoms with Crippen molar-refractivity contribution in [3.8, 4) is 6.01 Å². The fraction of sp³-hybridized carbons (Fsp3) is 0.538. The zero-order valence-electron chi connectivity index (χ0n) is 12.6. The maximum absolute atomic E-state index is 5.89. The number of ether oxygens (including phenoxy) is 1. The first-order chi connectivity index (χ1) is 9.86. The second-order valence-corrected chi connectivity index (χ2v) is 5.32. The minimum Gasteiger partial charge on any atom is -0.461 e. The van der Waals surface area contributed by atoms with Crippen LogP contribution in [0.2, 0.25) is 5.28 Å². The Morgan fingerprint density at radius 3 is 2.43 bits per heavy atom. The van der Waals surface area contributed by atoms with E-state index < -0.39 is 0 Å². The molecule has 0 fully saturated rings. The summed E-state index contributed by atoms with van der Waals surface area (Å²) in [6.45, 7) is 9.49. The van der Waals surface area contributed by atoms with E-state index in [1.165, 1.54) is 0 Å². The topological polar surface area (TPSA) is 86.0 Å². The molecule has 0 amide bonds. The third-order valence-electron chi connectivity index (χ3n) is 2.80. The third kappa shape index (κ3) is 3.81. The Kier molecular flexibility index (Phi) is 4.62. The van der Waals surface area contributed by atoms with Crippen molar-refractivity contribution >= 4 is 17.5 Å². The molecule has 0 saturated carbocycles. The molecule has 2 aromatic heterocycles. The van der Waals surface area contributed by atoms with E-state index in [0.29, 0.717) is 5.95 Å². The number of aryl methyl sites for hydroxylation is 2. The molecule has 2 aromatic rings. The predicted octanol–water partition coefficient (Wildman–Crippen LogP) is 3.09. The summed E-state index contributed by atoms with van der Waals surface area (Å²) >= 11 is 5.89. The molecule has 0 saturated heterocycles. The van der Waals surface area contributed by atoms with Crippen LogP contribution < -0.4 is 10.1 Å². The fourth-order valence-corrected chi connectivity index (χ4v) is 2.19. The molecule has 0 aliphatic rings. The van der Waals surface area contributed by atoms with Gasteiger partial charge in [0.05, 0.1) is 17.8 Å². The van der Waals surface area contributed by atoms with Crippen molar-refractivity contribution in [2.24, 2.45) is 0 Å². The fourth-order valence-electron chi connectivity index (χ4n) is 2.03. The molecule has 2 heterocycles. The molecule has 0 spiro atoms. The van der Waals surface area contributed by atoms with Crippen molar-refractivity contribution in [2.45, 2.75) is 46.8 Å². The second-order valence-electron chi connectivity index (χ2n) is 4.98. The van der Waals surface area contributed by atoms with Gasteiger partial charge >= 0.3 is 6.01 Å². The number of nitrogens with zero attached hydrogens (tertiary/aromatic N) is 4.